The standard InChI is InChI=1S/C44H62ClN3O12/c1-23-20-31-29(24(2)22-47(26(4)49)28-17-18-28)19-16-25(3)44(31,55)36(35(23)56-27(5)50)57-37(51)33-21-43(59-40(54)58-42(9,10)11)30-14-13-15-32(45)34(30)46(12)60-38(43)48(33,39(52)53)41(6,7)8/h13-15,20,24-25,28-29,31,33,35-36,38,55H,16-19,21-22H2,1-12H3/p+1/t24?,25-,29+,31-,33+,35?,36+,38-,43-,44-,48?/m1/s1. The molecule has 3 fully saturated rings. The molecule has 15 nitrogen and oxygen atoms in total. The van der Waals surface area contributed by atoms with Crippen molar-refractivity contribution in [3.8, 4) is 0 Å². The van der Waals surface area contributed by atoms with Gasteiger partial charge in [-0.15, -0.1) is 0 Å². The van der Waals surface area contributed by atoms with Gasteiger partial charge in [-0.1, -0.05) is 43.7 Å². The second kappa shape index (κ2) is 15.8. The summed E-state index contributed by atoms with van der Waals surface area (Å²) in [7, 11) is 1.55. The van der Waals surface area contributed by atoms with Gasteiger partial charge >= 0.3 is 24.2 Å². The molecule has 2 heterocycles. The quantitative estimate of drug-likeness (QED) is 0.117. The average Bonchev–Trinajstić information content (AvgIpc) is 3.90. The van der Waals surface area contributed by atoms with E-state index in [4.69, 9.17) is 35.4 Å². The second-order valence-electron chi connectivity index (χ2n) is 19.7. The van der Waals surface area contributed by atoms with Crippen LogP contribution in [-0.2, 0) is 43.8 Å². The number of likely N-dealkylation sites (tertiary alicyclic amines) is 1. The molecule has 6 rings (SSSR count). The summed E-state index contributed by atoms with van der Waals surface area (Å²) in [5.74, 6) is -3.00. The van der Waals surface area contributed by atoms with E-state index in [-0.39, 0.29) is 28.8 Å². The smallest absolute Gasteiger partial charge is 0.454 e. The first-order valence-corrected chi connectivity index (χ1v) is 21.4. The van der Waals surface area contributed by atoms with Crippen molar-refractivity contribution in [3.63, 3.8) is 0 Å². The number of anilines is 1. The Hall–Kier alpha value is -3.92. The molecule has 0 bridgehead atoms. The number of hydroxylamine groups is 1. The van der Waals surface area contributed by atoms with Crippen molar-refractivity contribution < 1.29 is 62.5 Å². The third-order valence-corrected chi connectivity index (χ3v) is 13.9. The van der Waals surface area contributed by atoms with Gasteiger partial charge in [0.1, 0.15) is 16.7 Å². The molecule has 11 atom stereocenters. The van der Waals surface area contributed by atoms with Crippen LogP contribution in [0.4, 0.5) is 15.3 Å². The molecule has 1 saturated heterocycles. The zero-order valence-electron chi connectivity index (χ0n) is 36.9. The lowest BCUT2D eigenvalue weighted by Crippen LogP contribution is -2.75. The van der Waals surface area contributed by atoms with Gasteiger partial charge in [-0.05, 0) is 104 Å². The Labute approximate surface area is 357 Å². The van der Waals surface area contributed by atoms with Gasteiger partial charge in [0.15, 0.2) is 12.2 Å². The Morgan fingerprint density at radius 3 is 2.25 bits per heavy atom. The van der Waals surface area contributed by atoms with Gasteiger partial charge < -0.3 is 34.1 Å². The summed E-state index contributed by atoms with van der Waals surface area (Å²) in [4.78, 5) is 77.3. The van der Waals surface area contributed by atoms with E-state index in [0.717, 1.165) is 19.3 Å². The van der Waals surface area contributed by atoms with Gasteiger partial charge in [0.25, 0.3) is 6.23 Å². The lowest BCUT2D eigenvalue weighted by molar-refractivity contribution is -0.953. The molecule has 1 aromatic carbocycles. The van der Waals surface area contributed by atoms with E-state index in [2.05, 4.69) is 6.92 Å². The van der Waals surface area contributed by atoms with Gasteiger partial charge in [0.2, 0.25) is 17.6 Å². The van der Waals surface area contributed by atoms with Gasteiger partial charge in [0, 0.05) is 45.0 Å². The number of carboxylic acid groups (broad SMARTS) is 1. The van der Waals surface area contributed by atoms with Crippen molar-refractivity contribution in [2.75, 3.05) is 18.7 Å². The number of aliphatic hydroxyl groups is 1. The average molecular weight is 861 g/mol. The van der Waals surface area contributed by atoms with Crippen molar-refractivity contribution in [1.82, 2.24) is 4.90 Å². The highest BCUT2D eigenvalue weighted by Crippen LogP contribution is 2.60. The van der Waals surface area contributed by atoms with Crippen molar-refractivity contribution in [3.05, 3.63) is 40.4 Å². The van der Waals surface area contributed by atoms with Crippen molar-refractivity contribution >= 4 is 47.4 Å². The Bertz CT molecular complexity index is 1940. The third kappa shape index (κ3) is 7.55. The molecule has 2 N–H and O–H groups in total. The first kappa shape index (κ1) is 45.6. The monoisotopic (exact) mass is 860 g/mol. The molecule has 0 aromatic heterocycles. The van der Waals surface area contributed by atoms with Gasteiger partial charge in [-0.2, -0.15) is 9.28 Å². The largest absolute Gasteiger partial charge is 0.517 e. The second-order valence-corrected chi connectivity index (χ2v) is 20.1. The van der Waals surface area contributed by atoms with Crippen LogP contribution in [-0.4, -0.2) is 111 Å². The highest BCUT2D eigenvalue weighted by Gasteiger charge is 2.79. The highest BCUT2D eigenvalue weighted by atomic mass is 35.5. The zero-order valence-corrected chi connectivity index (χ0v) is 37.7. The number of carbonyl (C=O) groups is 5. The number of nitrogens with zero attached hydrogens (tertiary/aromatic N) is 3. The molecule has 0 radical (unpaired) electrons. The maximum absolute atomic E-state index is 15.4. The normalized spacial score (nSPS) is 34.2. The van der Waals surface area contributed by atoms with Crippen molar-refractivity contribution in [2.45, 2.75) is 161 Å². The molecule has 2 amide bonds. The van der Waals surface area contributed by atoms with E-state index in [1.807, 2.05) is 17.9 Å². The maximum atomic E-state index is 15.4. The lowest BCUT2D eigenvalue weighted by Gasteiger charge is -2.56. The number of ether oxygens (including phenoxy) is 4. The van der Waals surface area contributed by atoms with Crippen LogP contribution in [0.2, 0.25) is 5.02 Å². The van der Waals surface area contributed by atoms with Gasteiger partial charge in [-0.3, -0.25) is 9.59 Å². The number of amides is 2. The molecule has 2 saturated carbocycles. The molecule has 0 spiro atoms. The van der Waals surface area contributed by atoms with Crippen molar-refractivity contribution in [1.29, 1.82) is 0 Å². The number of rotatable bonds is 8. The molecule has 5 aliphatic rings. The SMILES string of the molecule is CC(=O)OC1C(C)=C[C@@H]2[C@H](C(C)CN(C(C)=O)C3CC3)CC[C@@H](C)[C@]2(O)[C@H]1OC(=O)[C@@H]1C[C@@]2(OC(=O)OC(C)(C)C)c3cccc(Cl)c3N(C)O[C@H]2[N+]1(C(=O)O)C(C)(C)C. The minimum absolute atomic E-state index is 0.00890. The molecule has 2 aliphatic heterocycles. The predicted octanol–water partition coefficient (Wildman–Crippen LogP) is 7.10. The Balaban J connectivity index is 1.49. The molecule has 60 heavy (non-hydrogen) atoms. The Morgan fingerprint density at radius 2 is 1.70 bits per heavy atom. The number of carbonyl (C=O) groups excluding carboxylic acids is 4. The van der Waals surface area contributed by atoms with Crippen LogP contribution in [0.3, 0.4) is 0 Å². The minimum atomic E-state index is -1.98. The molecule has 1 aromatic rings. The number of halogens is 1. The first-order chi connectivity index (χ1) is 27.7. The van der Waals surface area contributed by atoms with Crippen LogP contribution in [0, 0.1) is 23.7 Å². The Kier molecular flexibility index (Phi) is 12.0. The summed E-state index contributed by atoms with van der Waals surface area (Å²) in [6, 6.07) is 3.44. The van der Waals surface area contributed by atoms with E-state index in [0.29, 0.717) is 29.8 Å². The first-order valence-electron chi connectivity index (χ1n) is 21.0. The van der Waals surface area contributed by atoms with E-state index < -0.39 is 93.7 Å². The van der Waals surface area contributed by atoms with Crippen LogP contribution in [0.15, 0.2) is 29.8 Å². The van der Waals surface area contributed by atoms with Crippen LogP contribution in [0.5, 0.6) is 0 Å². The zero-order chi connectivity index (χ0) is 44.7. The van der Waals surface area contributed by atoms with Crippen molar-refractivity contribution in [2.24, 2.45) is 23.7 Å². The summed E-state index contributed by atoms with van der Waals surface area (Å²) in [6.45, 7) is 18.9. The number of hydrogen-bond donors (Lipinski definition) is 2. The molecule has 3 aliphatic carbocycles. The number of hydrogen-bond acceptors (Lipinski definition) is 12. The number of fused-ring (bicyclic) bond motifs is 4. The summed E-state index contributed by atoms with van der Waals surface area (Å²) in [5, 5.41) is 26.3. The summed E-state index contributed by atoms with van der Waals surface area (Å²) in [5.41, 5.74) is -4.99. The number of esters is 2. The summed E-state index contributed by atoms with van der Waals surface area (Å²) >= 11 is 6.74. The summed E-state index contributed by atoms with van der Waals surface area (Å²) in [6.07, 6.45) is -2.30. The number of quaternary nitrogens is 1. The molecule has 3 unspecified atom stereocenters. The third-order valence-electron chi connectivity index (χ3n) is 13.6. The minimum Gasteiger partial charge on any atom is -0.454 e. The van der Waals surface area contributed by atoms with Crippen LogP contribution < -0.4 is 5.06 Å². The van der Waals surface area contributed by atoms with Crippen LogP contribution >= 0.6 is 11.6 Å². The Morgan fingerprint density at radius 1 is 1.05 bits per heavy atom. The van der Waals surface area contributed by atoms with Gasteiger partial charge in [0.05, 0.1) is 17.1 Å². The van der Waals surface area contributed by atoms with Crippen LogP contribution in [0.25, 0.3) is 0 Å². The lowest BCUT2D eigenvalue weighted by atomic mass is 9.55. The van der Waals surface area contributed by atoms with E-state index in [9.17, 15) is 29.4 Å². The fraction of sp³-hybridized carbons (Fsp3) is 0.705. The van der Waals surface area contributed by atoms with Crippen LogP contribution in [0.1, 0.15) is 114 Å². The fourth-order valence-corrected chi connectivity index (χ4v) is 11.1. The molecular formula is C44H63ClN3O12+. The molecular weight excluding hydrogens is 798 g/mol. The number of para-hydroxylation sites is 1. The fourth-order valence-electron chi connectivity index (χ4n) is 10.8. The highest BCUT2D eigenvalue weighted by molar-refractivity contribution is 6.33. The summed E-state index contributed by atoms with van der Waals surface area (Å²) < 4.78 is 23.2. The topological polar surface area (TPSA) is 178 Å². The van der Waals surface area contributed by atoms with E-state index in [1.54, 1.807) is 80.6 Å². The van der Waals surface area contributed by atoms with Gasteiger partial charge in [-0.25, -0.2) is 19.5 Å². The van der Waals surface area contributed by atoms with E-state index >= 15 is 4.79 Å². The maximum Gasteiger partial charge on any atom is 0.517 e. The molecule has 332 valence electrons. The predicted molar refractivity (Wildman–Crippen MR) is 219 cm³/mol. The number of benzene rings is 1. The van der Waals surface area contributed by atoms with E-state index in [1.165, 1.54) is 12.0 Å². The molecule has 16 heteroatoms.